The van der Waals surface area contributed by atoms with Crippen molar-refractivity contribution < 1.29 is 9.47 Å². The minimum absolute atomic E-state index is 0.611. The summed E-state index contributed by atoms with van der Waals surface area (Å²) >= 11 is 5.98. The number of imidazole rings is 1. The molecule has 1 aromatic heterocycles. The zero-order valence-corrected chi connectivity index (χ0v) is 17.5. The van der Waals surface area contributed by atoms with Crippen LogP contribution in [0.4, 0.5) is 0 Å². The van der Waals surface area contributed by atoms with E-state index < -0.39 is 0 Å². The van der Waals surface area contributed by atoms with E-state index in [2.05, 4.69) is 16.7 Å². The van der Waals surface area contributed by atoms with Gasteiger partial charge in [-0.3, -0.25) is 0 Å². The van der Waals surface area contributed by atoms with Crippen molar-refractivity contribution in [1.82, 2.24) is 9.55 Å². The lowest BCUT2D eigenvalue weighted by atomic mass is 10.2. The van der Waals surface area contributed by atoms with Crippen LogP contribution in [-0.2, 0) is 6.54 Å². The van der Waals surface area contributed by atoms with Crippen molar-refractivity contribution in [1.29, 1.82) is 0 Å². The molecule has 0 aliphatic heterocycles. The van der Waals surface area contributed by atoms with E-state index in [1.165, 1.54) is 0 Å². The highest BCUT2D eigenvalue weighted by Crippen LogP contribution is 2.21. The van der Waals surface area contributed by atoms with Crippen molar-refractivity contribution in [2.45, 2.75) is 13.0 Å². The first-order chi connectivity index (χ1) is 14.7. The lowest BCUT2D eigenvalue weighted by molar-refractivity contribution is 0.300. The Bertz CT molecular complexity index is 1150. The molecule has 0 bridgehead atoms. The highest BCUT2D eigenvalue weighted by molar-refractivity contribution is 6.30. The van der Waals surface area contributed by atoms with Crippen LogP contribution < -0.4 is 9.47 Å². The van der Waals surface area contributed by atoms with Crippen LogP contribution in [0.15, 0.2) is 72.8 Å². The molecular formula is C25H23ClN2O2. The number of fused-ring (bicyclic) bond motifs is 1. The summed E-state index contributed by atoms with van der Waals surface area (Å²) < 4.78 is 13.4. The quantitative estimate of drug-likeness (QED) is 0.313. The first-order valence-electron chi connectivity index (χ1n) is 9.89. The summed E-state index contributed by atoms with van der Waals surface area (Å²) in [6.07, 6.45) is 4.96. The number of rotatable bonds is 8. The van der Waals surface area contributed by atoms with Gasteiger partial charge in [0, 0.05) is 17.6 Å². The Morgan fingerprint density at radius 1 is 0.933 bits per heavy atom. The summed E-state index contributed by atoms with van der Waals surface area (Å²) in [5, 5.41) is 0.732. The zero-order chi connectivity index (χ0) is 20.8. The van der Waals surface area contributed by atoms with Gasteiger partial charge in [0.25, 0.3) is 0 Å². The van der Waals surface area contributed by atoms with E-state index in [0.29, 0.717) is 6.61 Å². The summed E-state index contributed by atoms with van der Waals surface area (Å²) in [5.74, 6) is 2.53. The van der Waals surface area contributed by atoms with Gasteiger partial charge in [0.15, 0.2) is 0 Å². The maximum absolute atomic E-state index is 5.98. The highest BCUT2D eigenvalue weighted by atomic mass is 35.5. The topological polar surface area (TPSA) is 36.3 Å². The molecule has 0 atom stereocenters. The van der Waals surface area contributed by atoms with E-state index in [9.17, 15) is 0 Å². The van der Waals surface area contributed by atoms with Crippen molar-refractivity contribution in [2.75, 3.05) is 13.7 Å². The van der Waals surface area contributed by atoms with Crippen molar-refractivity contribution in [3.63, 3.8) is 0 Å². The summed E-state index contributed by atoms with van der Waals surface area (Å²) in [5.41, 5.74) is 3.19. The standard InChI is InChI=1S/C25H23ClN2O2/c1-29-21-6-4-7-22(18-21)30-17-5-16-28-24-9-3-2-8-23(24)27-25(28)15-12-19-10-13-20(26)14-11-19/h2-4,6-15,18H,5,16-17H2,1H3/b15-12+. The fraction of sp³-hybridized carbons (Fsp3) is 0.160. The SMILES string of the molecule is COc1cccc(OCCCn2c(/C=C/c3ccc(Cl)cc3)nc3ccccc32)c1. The molecule has 0 aliphatic rings. The molecule has 30 heavy (non-hydrogen) atoms. The molecule has 152 valence electrons. The normalized spacial score (nSPS) is 11.3. The Morgan fingerprint density at radius 3 is 2.57 bits per heavy atom. The molecule has 0 saturated heterocycles. The molecule has 0 aliphatic carbocycles. The third kappa shape index (κ3) is 4.84. The Hall–Kier alpha value is -3.24. The van der Waals surface area contributed by atoms with Crippen LogP contribution in [0.2, 0.25) is 5.02 Å². The number of halogens is 1. The molecule has 4 nitrogen and oxygen atoms in total. The summed E-state index contributed by atoms with van der Waals surface area (Å²) in [4.78, 5) is 4.80. The minimum Gasteiger partial charge on any atom is -0.497 e. The van der Waals surface area contributed by atoms with Crippen LogP contribution in [0.1, 0.15) is 17.8 Å². The lowest BCUT2D eigenvalue weighted by Crippen LogP contribution is -2.06. The minimum atomic E-state index is 0.611. The molecule has 4 aromatic rings. The van der Waals surface area contributed by atoms with E-state index in [-0.39, 0.29) is 0 Å². The first-order valence-corrected chi connectivity index (χ1v) is 10.3. The Morgan fingerprint density at radius 2 is 1.73 bits per heavy atom. The van der Waals surface area contributed by atoms with Crippen LogP contribution in [0.5, 0.6) is 11.5 Å². The third-order valence-corrected chi connectivity index (χ3v) is 5.07. The van der Waals surface area contributed by atoms with Crippen molar-refractivity contribution in [2.24, 2.45) is 0 Å². The number of nitrogens with zero attached hydrogens (tertiary/aromatic N) is 2. The molecule has 0 spiro atoms. The largest absolute Gasteiger partial charge is 0.497 e. The molecule has 3 aromatic carbocycles. The number of ether oxygens (including phenoxy) is 2. The number of aromatic nitrogens is 2. The highest BCUT2D eigenvalue weighted by Gasteiger charge is 2.08. The smallest absolute Gasteiger partial charge is 0.133 e. The average Bonchev–Trinajstić information content (AvgIpc) is 3.14. The van der Waals surface area contributed by atoms with Gasteiger partial charge in [-0.25, -0.2) is 4.98 Å². The van der Waals surface area contributed by atoms with E-state index in [1.807, 2.05) is 72.8 Å². The lowest BCUT2D eigenvalue weighted by Gasteiger charge is -2.10. The number of aryl methyl sites for hydroxylation is 1. The van der Waals surface area contributed by atoms with E-state index in [0.717, 1.165) is 51.9 Å². The van der Waals surface area contributed by atoms with E-state index in [4.69, 9.17) is 26.1 Å². The molecule has 5 heteroatoms. The summed E-state index contributed by atoms with van der Waals surface area (Å²) in [6.45, 7) is 1.42. The summed E-state index contributed by atoms with van der Waals surface area (Å²) in [7, 11) is 1.66. The van der Waals surface area contributed by atoms with Crippen LogP contribution in [0.3, 0.4) is 0 Å². The summed E-state index contributed by atoms with van der Waals surface area (Å²) in [6, 6.07) is 23.6. The predicted octanol–water partition coefficient (Wildman–Crippen LogP) is 6.34. The van der Waals surface area contributed by atoms with Gasteiger partial charge >= 0.3 is 0 Å². The van der Waals surface area contributed by atoms with Crippen LogP contribution in [-0.4, -0.2) is 23.3 Å². The second-order valence-electron chi connectivity index (χ2n) is 6.88. The second kappa shape index (κ2) is 9.51. The van der Waals surface area contributed by atoms with Gasteiger partial charge in [0.05, 0.1) is 24.8 Å². The second-order valence-corrected chi connectivity index (χ2v) is 7.31. The van der Waals surface area contributed by atoms with Crippen molar-refractivity contribution in [3.05, 3.63) is 89.2 Å². The molecule has 4 rings (SSSR count). The van der Waals surface area contributed by atoms with Gasteiger partial charge in [-0.15, -0.1) is 0 Å². The van der Waals surface area contributed by atoms with Crippen molar-refractivity contribution in [3.8, 4) is 11.5 Å². The van der Waals surface area contributed by atoms with Crippen LogP contribution in [0.25, 0.3) is 23.2 Å². The Balaban J connectivity index is 1.48. The first kappa shape index (κ1) is 20.0. The van der Waals surface area contributed by atoms with Crippen LogP contribution >= 0.6 is 11.6 Å². The molecule has 1 heterocycles. The van der Waals surface area contributed by atoms with Gasteiger partial charge in [-0.1, -0.05) is 48.0 Å². The molecular weight excluding hydrogens is 396 g/mol. The zero-order valence-electron chi connectivity index (χ0n) is 16.8. The number of hydrogen-bond donors (Lipinski definition) is 0. The van der Waals surface area contributed by atoms with Gasteiger partial charge in [-0.05, 0) is 54.5 Å². The van der Waals surface area contributed by atoms with Gasteiger partial charge < -0.3 is 14.0 Å². The van der Waals surface area contributed by atoms with Crippen LogP contribution in [0, 0.1) is 0 Å². The molecule has 0 N–H and O–H groups in total. The van der Waals surface area contributed by atoms with Gasteiger partial charge in [0.1, 0.15) is 17.3 Å². The number of hydrogen-bond acceptors (Lipinski definition) is 3. The number of methoxy groups -OCH3 is 1. The molecule has 0 unspecified atom stereocenters. The fourth-order valence-corrected chi connectivity index (χ4v) is 3.43. The van der Waals surface area contributed by atoms with Crippen molar-refractivity contribution >= 4 is 34.8 Å². The van der Waals surface area contributed by atoms with Gasteiger partial charge in [0.2, 0.25) is 0 Å². The molecule has 0 fully saturated rings. The van der Waals surface area contributed by atoms with E-state index >= 15 is 0 Å². The number of para-hydroxylation sites is 2. The fourth-order valence-electron chi connectivity index (χ4n) is 3.30. The predicted molar refractivity (Wildman–Crippen MR) is 123 cm³/mol. The van der Waals surface area contributed by atoms with Gasteiger partial charge in [-0.2, -0.15) is 0 Å². The van der Waals surface area contributed by atoms with E-state index in [1.54, 1.807) is 7.11 Å². The third-order valence-electron chi connectivity index (χ3n) is 4.81. The maximum Gasteiger partial charge on any atom is 0.133 e. The molecule has 0 radical (unpaired) electrons. The number of benzene rings is 3. The average molecular weight is 419 g/mol. The maximum atomic E-state index is 5.98. The Labute approximate surface area is 181 Å². The molecule has 0 amide bonds. The Kier molecular flexibility index (Phi) is 6.35. The molecule has 0 saturated carbocycles. The monoisotopic (exact) mass is 418 g/mol.